The van der Waals surface area contributed by atoms with Crippen LogP contribution in [0.1, 0.15) is 39.7 Å². The third kappa shape index (κ3) is 1.58. The Kier molecular flexibility index (Phi) is 2.42. The molecule has 0 radical (unpaired) electrons. The highest BCUT2D eigenvalue weighted by Crippen LogP contribution is 2.45. The molecule has 0 heterocycles. The van der Waals surface area contributed by atoms with Crippen LogP contribution in [0.25, 0.3) is 12.2 Å². The molecule has 5 rings (SSSR count). The minimum absolute atomic E-state index is 0.385. The molecule has 0 saturated carbocycles. The summed E-state index contributed by atoms with van der Waals surface area (Å²) in [5.74, 6) is 0.830. The van der Waals surface area contributed by atoms with Gasteiger partial charge in [-0.3, -0.25) is 0 Å². The summed E-state index contributed by atoms with van der Waals surface area (Å²) in [7, 11) is 0. The summed E-state index contributed by atoms with van der Waals surface area (Å²) in [5, 5.41) is 0. The van der Waals surface area contributed by atoms with Crippen LogP contribution < -0.4 is 0 Å². The fourth-order valence-corrected chi connectivity index (χ4v) is 3.98. The first-order valence-corrected chi connectivity index (χ1v) is 7.88. The van der Waals surface area contributed by atoms with Gasteiger partial charge in [0.05, 0.1) is 0 Å². The van der Waals surface area contributed by atoms with Gasteiger partial charge in [-0.1, -0.05) is 85.0 Å². The predicted octanol–water partition coefficient (Wildman–Crippen LogP) is 5.45. The van der Waals surface area contributed by atoms with E-state index in [2.05, 4.69) is 85.0 Å². The molecule has 2 unspecified atom stereocenters. The summed E-state index contributed by atoms with van der Waals surface area (Å²) >= 11 is 0. The van der Waals surface area contributed by atoms with Gasteiger partial charge in [-0.25, -0.2) is 0 Å². The Morgan fingerprint density at radius 2 is 1.45 bits per heavy atom. The van der Waals surface area contributed by atoms with E-state index in [1.165, 1.54) is 33.4 Å². The second-order valence-corrected chi connectivity index (χ2v) is 6.18. The van der Waals surface area contributed by atoms with Gasteiger partial charge in [-0.15, -0.1) is 0 Å². The van der Waals surface area contributed by atoms with Crippen LogP contribution in [0.5, 0.6) is 0 Å². The molecule has 0 fully saturated rings. The van der Waals surface area contributed by atoms with Gasteiger partial charge in [0.15, 0.2) is 0 Å². The maximum atomic E-state index is 2.38. The molecule has 0 saturated heterocycles. The van der Waals surface area contributed by atoms with E-state index in [1.54, 1.807) is 0 Å². The molecule has 0 nitrogen and oxygen atoms in total. The lowest BCUT2D eigenvalue weighted by Gasteiger charge is -2.17. The molecule has 3 aliphatic rings. The highest BCUT2D eigenvalue weighted by Gasteiger charge is 2.28. The van der Waals surface area contributed by atoms with Crippen LogP contribution in [0.3, 0.4) is 0 Å². The molecular weight excluding hydrogens is 264 g/mol. The zero-order valence-electron chi connectivity index (χ0n) is 12.2. The van der Waals surface area contributed by atoms with Gasteiger partial charge in [0.1, 0.15) is 0 Å². The number of allylic oxidation sites excluding steroid dienone is 6. The van der Waals surface area contributed by atoms with Gasteiger partial charge >= 0.3 is 0 Å². The molecule has 0 bridgehead atoms. The fourth-order valence-electron chi connectivity index (χ4n) is 3.98. The van der Waals surface area contributed by atoms with Gasteiger partial charge < -0.3 is 0 Å². The quantitative estimate of drug-likeness (QED) is 0.651. The van der Waals surface area contributed by atoms with Crippen LogP contribution in [-0.4, -0.2) is 0 Å². The number of rotatable bonds is 1. The Hall–Kier alpha value is -2.60. The Morgan fingerprint density at radius 3 is 2.41 bits per heavy atom. The summed E-state index contributed by atoms with van der Waals surface area (Å²) in [6.45, 7) is 0. The van der Waals surface area contributed by atoms with Crippen LogP contribution in [-0.2, 0) is 0 Å². The average Bonchev–Trinajstić information content (AvgIpc) is 3.16. The van der Waals surface area contributed by atoms with Crippen LogP contribution in [0, 0.1) is 0 Å². The minimum atomic E-state index is 0.385. The van der Waals surface area contributed by atoms with Gasteiger partial charge in [0, 0.05) is 11.8 Å². The normalized spacial score (nSPS) is 23.2. The van der Waals surface area contributed by atoms with E-state index in [9.17, 15) is 0 Å². The Morgan fingerprint density at radius 1 is 0.636 bits per heavy atom. The maximum Gasteiger partial charge on any atom is 0.0284 e. The zero-order valence-corrected chi connectivity index (χ0v) is 12.2. The topological polar surface area (TPSA) is 0 Å². The van der Waals surface area contributed by atoms with E-state index >= 15 is 0 Å². The van der Waals surface area contributed by atoms with Crippen LogP contribution in [0.15, 0.2) is 78.4 Å². The standard InChI is InChI=1S/C22H16/c1-3-8-17-15(6-1)12-13-21(17)20-11-5-10-19-18-9-4-2-7-16(18)14-22(19)20/h1-14,18,21H. The van der Waals surface area contributed by atoms with Crippen molar-refractivity contribution in [2.45, 2.75) is 11.8 Å². The summed E-state index contributed by atoms with van der Waals surface area (Å²) in [4.78, 5) is 0. The van der Waals surface area contributed by atoms with Gasteiger partial charge in [0.2, 0.25) is 0 Å². The second-order valence-electron chi connectivity index (χ2n) is 6.18. The lowest BCUT2D eigenvalue weighted by Crippen LogP contribution is -2.01. The molecule has 104 valence electrons. The Bertz CT molecular complexity index is 890. The van der Waals surface area contributed by atoms with Crippen molar-refractivity contribution < 1.29 is 0 Å². The largest absolute Gasteiger partial charge is 0.0726 e. The monoisotopic (exact) mass is 280 g/mol. The van der Waals surface area contributed by atoms with Crippen LogP contribution in [0.4, 0.5) is 0 Å². The van der Waals surface area contributed by atoms with Crippen molar-refractivity contribution in [2.24, 2.45) is 0 Å². The lowest BCUT2D eigenvalue weighted by atomic mass is 9.86. The summed E-state index contributed by atoms with van der Waals surface area (Å²) in [5.41, 5.74) is 8.50. The third-order valence-corrected chi connectivity index (χ3v) is 5.02. The first kappa shape index (κ1) is 12.0. The number of hydrogen-bond donors (Lipinski definition) is 0. The molecule has 0 aliphatic heterocycles. The van der Waals surface area contributed by atoms with Crippen molar-refractivity contribution in [1.29, 1.82) is 0 Å². The molecule has 2 atom stereocenters. The van der Waals surface area contributed by atoms with Crippen molar-refractivity contribution in [2.75, 3.05) is 0 Å². The smallest absolute Gasteiger partial charge is 0.0284 e. The summed E-state index contributed by atoms with van der Waals surface area (Å²) < 4.78 is 0. The van der Waals surface area contributed by atoms with Crippen LogP contribution in [0.2, 0.25) is 0 Å². The first-order valence-electron chi connectivity index (χ1n) is 7.88. The highest BCUT2D eigenvalue weighted by molar-refractivity contribution is 5.76. The van der Waals surface area contributed by atoms with Crippen molar-refractivity contribution in [1.82, 2.24) is 0 Å². The molecule has 3 aliphatic carbocycles. The predicted molar refractivity (Wildman–Crippen MR) is 92.8 cm³/mol. The van der Waals surface area contributed by atoms with Crippen molar-refractivity contribution in [3.63, 3.8) is 0 Å². The lowest BCUT2D eigenvalue weighted by molar-refractivity contribution is 1.01. The second kappa shape index (κ2) is 4.45. The van der Waals surface area contributed by atoms with Crippen molar-refractivity contribution in [3.05, 3.63) is 106 Å². The van der Waals surface area contributed by atoms with Crippen LogP contribution >= 0.6 is 0 Å². The molecule has 0 amide bonds. The minimum Gasteiger partial charge on any atom is -0.0726 e. The number of hydrogen-bond acceptors (Lipinski definition) is 0. The molecule has 22 heavy (non-hydrogen) atoms. The maximum absolute atomic E-state index is 2.38. The highest BCUT2D eigenvalue weighted by atomic mass is 14.3. The number of benzene rings is 2. The fraction of sp³-hybridized carbons (Fsp3) is 0.0909. The Balaban J connectivity index is 1.69. The zero-order chi connectivity index (χ0) is 14.5. The molecule has 2 aromatic rings. The first-order chi connectivity index (χ1) is 10.9. The molecule has 0 spiro atoms. The van der Waals surface area contributed by atoms with Crippen molar-refractivity contribution in [3.8, 4) is 0 Å². The summed E-state index contributed by atoms with van der Waals surface area (Å²) in [6.07, 6.45) is 15.8. The SMILES string of the molecule is C1=CC2=Cc3c(cccc3C3C=Cc4ccccc43)C2C=C1. The van der Waals surface area contributed by atoms with Gasteiger partial charge in [-0.05, 0) is 33.4 Å². The van der Waals surface area contributed by atoms with Gasteiger partial charge in [-0.2, -0.15) is 0 Å². The van der Waals surface area contributed by atoms with E-state index in [0.29, 0.717) is 11.8 Å². The Labute approximate surface area is 130 Å². The molecule has 0 aromatic heterocycles. The average molecular weight is 280 g/mol. The summed E-state index contributed by atoms with van der Waals surface area (Å²) in [6, 6.07) is 15.5. The van der Waals surface area contributed by atoms with E-state index < -0.39 is 0 Å². The van der Waals surface area contributed by atoms with E-state index in [4.69, 9.17) is 0 Å². The molecule has 0 heteroatoms. The third-order valence-electron chi connectivity index (χ3n) is 5.02. The molecule has 2 aromatic carbocycles. The van der Waals surface area contributed by atoms with E-state index in [-0.39, 0.29) is 0 Å². The molecular formula is C22H16. The van der Waals surface area contributed by atoms with E-state index in [0.717, 1.165) is 0 Å². The van der Waals surface area contributed by atoms with E-state index in [1.807, 2.05) is 0 Å². The number of fused-ring (bicyclic) bond motifs is 4. The van der Waals surface area contributed by atoms with Crippen molar-refractivity contribution >= 4 is 12.2 Å². The van der Waals surface area contributed by atoms with Gasteiger partial charge in [0.25, 0.3) is 0 Å². The molecule has 0 N–H and O–H groups in total.